The molecule has 0 unspecified atom stereocenters. The minimum atomic E-state index is 0.837. The van der Waals surface area contributed by atoms with E-state index in [4.69, 9.17) is 0 Å². The smallest absolute Gasteiger partial charge is 0.151 e. The van der Waals surface area contributed by atoms with Gasteiger partial charge in [-0.3, -0.25) is 4.98 Å². The highest BCUT2D eigenvalue weighted by Crippen LogP contribution is 2.26. The van der Waals surface area contributed by atoms with Crippen molar-refractivity contribution in [2.75, 3.05) is 11.9 Å². The van der Waals surface area contributed by atoms with Crippen molar-refractivity contribution in [3.63, 3.8) is 0 Å². The van der Waals surface area contributed by atoms with Crippen molar-refractivity contribution in [3.8, 4) is 0 Å². The summed E-state index contributed by atoms with van der Waals surface area (Å²) >= 11 is 0. The second kappa shape index (κ2) is 4.74. The fourth-order valence-electron chi connectivity index (χ4n) is 2.31. The molecule has 0 saturated carbocycles. The number of nitrogens with zero attached hydrogens (tertiary/aromatic N) is 2. The topological polar surface area (TPSA) is 49.8 Å². The van der Waals surface area contributed by atoms with Crippen LogP contribution in [-0.2, 0) is 13.0 Å². The number of benzene rings is 1. The zero-order valence-electron chi connectivity index (χ0n) is 10.4. The van der Waals surface area contributed by atoms with Crippen molar-refractivity contribution in [3.05, 3.63) is 47.4 Å². The molecule has 18 heavy (non-hydrogen) atoms. The van der Waals surface area contributed by atoms with E-state index in [9.17, 15) is 0 Å². The molecule has 0 spiro atoms. The number of aromatic nitrogens is 2. The molecule has 0 fully saturated rings. The first-order valence-electron chi connectivity index (χ1n) is 6.21. The van der Waals surface area contributed by atoms with Crippen molar-refractivity contribution in [1.29, 1.82) is 0 Å². The van der Waals surface area contributed by atoms with E-state index in [0.29, 0.717) is 0 Å². The molecule has 1 aromatic carbocycles. The highest BCUT2D eigenvalue weighted by atomic mass is 15.0. The Morgan fingerprint density at radius 3 is 3.00 bits per heavy atom. The molecule has 2 aromatic rings. The molecule has 0 amide bonds. The standard InChI is InChI=1S/C14H16N4/c1-10-14(17-8-7-16-10)18-13-4-2-3-11-9-15-6-5-12(11)13/h2-4,7-8,15H,5-6,9H2,1H3,(H,17,18). The van der Waals surface area contributed by atoms with Crippen molar-refractivity contribution in [1.82, 2.24) is 15.3 Å². The highest BCUT2D eigenvalue weighted by Gasteiger charge is 2.13. The Bertz CT molecular complexity index is 565. The maximum Gasteiger partial charge on any atom is 0.151 e. The SMILES string of the molecule is Cc1nccnc1Nc1cccc2c1CCNC2. The van der Waals surface area contributed by atoms with Gasteiger partial charge < -0.3 is 10.6 Å². The van der Waals surface area contributed by atoms with Crippen LogP contribution in [0.2, 0.25) is 0 Å². The first kappa shape index (κ1) is 11.2. The van der Waals surface area contributed by atoms with E-state index in [2.05, 4.69) is 38.8 Å². The molecule has 4 heteroatoms. The van der Waals surface area contributed by atoms with E-state index < -0.39 is 0 Å². The van der Waals surface area contributed by atoms with Crippen LogP contribution in [0.1, 0.15) is 16.8 Å². The summed E-state index contributed by atoms with van der Waals surface area (Å²) < 4.78 is 0. The maximum absolute atomic E-state index is 4.33. The predicted octanol–water partition coefficient (Wildman–Crippen LogP) is 2.17. The lowest BCUT2D eigenvalue weighted by Crippen LogP contribution is -2.24. The summed E-state index contributed by atoms with van der Waals surface area (Å²) in [5, 5.41) is 6.79. The quantitative estimate of drug-likeness (QED) is 0.844. The van der Waals surface area contributed by atoms with E-state index in [1.807, 2.05) is 6.92 Å². The fraction of sp³-hybridized carbons (Fsp3) is 0.286. The van der Waals surface area contributed by atoms with Crippen LogP contribution in [0.4, 0.5) is 11.5 Å². The van der Waals surface area contributed by atoms with Crippen LogP contribution in [0, 0.1) is 6.92 Å². The zero-order chi connectivity index (χ0) is 12.4. The Hall–Kier alpha value is -1.94. The summed E-state index contributed by atoms with van der Waals surface area (Å²) in [6.07, 6.45) is 4.48. The average Bonchev–Trinajstić information content (AvgIpc) is 2.42. The Morgan fingerprint density at radius 2 is 2.11 bits per heavy atom. The molecule has 1 aliphatic rings. The van der Waals surface area contributed by atoms with Gasteiger partial charge in [0.1, 0.15) is 0 Å². The summed E-state index contributed by atoms with van der Waals surface area (Å²) in [7, 11) is 0. The molecule has 92 valence electrons. The van der Waals surface area contributed by atoms with Gasteiger partial charge in [-0.05, 0) is 37.1 Å². The molecule has 1 aromatic heterocycles. The molecule has 2 N–H and O–H groups in total. The van der Waals surface area contributed by atoms with Gasteiger partial charge in [0.05, 0.1) is 5.69 Å². The lowest BCUT2D eigenvalue weighted by molar-refractivity contribution is 0.645. The van der Waals surface area contributed by atoms with E-state index in [1.54, 1.807) is 12.4 Å². The van der Waals surface area contributed by atoms with Gasteiger partial charge in [-0.2, -0.15) is 0 Å². The van der Waals surface area contributed by atoms with E-state index >= 15 is 0 Å². The second-order valence-electron chi connectivity index (χ2n) is 4.49. The lowest BCUT2D eigenvalue weighted by Gasteiger charge is -2.21. The van der Waals surface area contributed by atoms with Crippen LogP contribution in [0.15, 0.2) is 30.6 Å². The first-order valence-corrected chi connectivity index (χ1v) is 6.21. The second-order valence-corrected chi connectivity index (χ2v) is 4.49. The number of hydrogen-bond donors (Lipinski definition) is 2. The third-order valence-electron chi connectivity index (χ3n) is 3.27. The molecule has 0 radical (unpaired) electrons. The number of anilines is 2. The molecular weight excluding hydrogens is 224 g/mol. The Labute approximate surface area is 106 Å². The van der Waals surface area contributed by atoms with Gasteiger partial charge in [-0.1, -0.05) is 12.1 Å². The molecule has 2 heterocycles. The summed E-state index contributed by atoms with van der Waals surface area (Å²) in [5.41, 5.74) is 4.83. The molecular formula is C14H16N4. The van der Waals surface area contributed by atoms with Crippen LogP contribution in [-0.4, -0.2) is 16.5 Å². The third-order valence-corrected chi connectivity index (χ3v) is 3.27. The zero-order valence-corrected chi connectivity index (χ0v) is 10.4. The number of fused-ring (bicyclic) bond motifs is 1. The van der Waals surface area contributed by atoms with E-state index in [0.717, 1.165) is 36.7 Å². The summed E-state index contributed by atoms with van der Waals surface area (Å²) in [6.45, 7) is 3.95. The van der Waals surface area contributed by atoms with Crippen molar-refractivity contribution in [2.45, 2.75) is 19.9 Å². The summed E-state index contributed by atoms with van der Waals surface area (Å²) in [4.78, 5) is 8.58. The van der Waals surface area contributed by atoms with Crippen LogP contribution < -0.4 is 10.6 Å². The summed E-state index contributed by atoms with van der Waals surface area (Å²) in [5.74, 6) is 0.837. The minimum absolute atomic E-state index is 0.837. The first-order chi connectivity index (χ1) is 8.84. The van der Waals surface area contributed by atoms with Gasteiger partial charge >= 0.3 is 0 Å². The largest absolute Gasteiger partial charge is 0.338 e. The third kappa shape index (κ3) is 2.07. The molecule has 4 nitrogen and oxygen atoms in total. The molecule has 0 bridgehead atoms. The monoisotopic (exact) mass is 240 g/mol. The van der Waals surface area contributed by atoms with Gasteiger partial charge in [0, 0.05) is 24.6 Å². The van der Waals surface area contributed by atoms with Crippen LogP contribution in [0.5, 0.6) is 0 Å². The molecule has 0 atom stereocenters. The van der Waals surface area contributed by atoms with Crippen molar-refractivity contribution < 1.29 is 0 Å². The average molecular weight is 240 g/mol. The van der Waals surface area contributed by atoms with Gasteiger partial charge in [0.2, 0.25) is 0 Å². The van der Waals surface area contributed by atoms with Gasteiger partial charge in [-0.15, -0.1) is 0 Å². The van der Waals surface area contributed by atoms with Gasteiger partial charge in [0.15, 0.2) is 5.82 Å². The van der Waals surface area contributed by atoms with Crippen molar-refractivity contribution in [2.24, 2.45) is 0 Å². The fourth-order valence-corrected chi connectivity index (χ4v) is 2.31. The predicted molar refractivity (Wildman–Crippen MR) is 71.9 cm³/mol. The van der Waals surface area contributed by atoms with E-state index in [1.165, 1.54) is 11.1 Å². The Balaban J connectivity index is 1.96. The maximum atomic E-state index is 4.33. The van der Waals surface area contributed by atoms with Crippen LogP contribution in [0.25, 0.3) is 0 Å². The van der Waals surface area contributed by atoms with Crippen LogP contribution in [0.3, 0.4) is 0 Å². The molecule has 1 aliphatic heterocycles. The van der Waals surface area contributed by atoms with Crippen molar-refractivity contribution >= 4 is 11.5 Å². The minimum Gasteiger partial charge on any atom is -0.338 e. The Kier molecular flexibility index (Phi) is 2.94. The molecule has 0 aliphatic carbocycles. The normalized spacial score (nSPS) is 14.1. The Morgan fingerprint density at radius 1 is 1.22 bits per heavy atom. The van der Waals surface area contributed by atoms with Gasteiger partial charge in [-0.25, -0.2) is 4.98 Å². The number of nitrogens with one attached hydrogen (secondary N) is 2. The molecule has 0 saturated heterocycles. The number of rotatable bonds is 2. The highest BCUT2D eigenvalue weighted by molar-refractivity contribution is 5.64. The van der Waals surface area contributed by atoms with Crippen LogP contribution >= 0.6 is 0 Å². The molecule has 3 rings (SSSR count). The number of hydrogen-bond acceptors (Lipinski definition) is 4. The summed E-state index contributed by atoms with van der Waals surface area (Å²) in [6, 6.07) is 6.37. The van der Waals surface area contributed by atoms with Gasteiger partial charge in [0.25, 0.3) is 0 Å². The van der Waals surface area contributed by atoms with E-state index in [-0.39, 0.29) is 0 Å². The number of aryl methyl sites for hydroxylation is 1. The lowest BCUT2D eigenvalue weighted by atomic mass is 9.99.